The number of nitrogens with zero attached hydrogens (tertiary/aromatic N) is 2. The number of likely N-dealkylation sites (tertiary alicyclic amines) is 2. The minimum Gasteiger partial charge on any atom is -0.481 e. The molecular weight excluding hydrogens is 256 g/mol. The van der Waals surface area contributed by atoms with Gasteiger partial charge in [0.1, 0.15) is 0 Å². The largest absolute Gasteiger partial charge is 0.481 e. The second-order valence-corrected chi connectivity index (χ2v) is 6.35. The van der Waals surface area contributed by atoms with Crippen molar-refractivity contribution in [2.75, 3.05) is 13.1 Å². The third kappa shape index (κ3) is 3.44. The molecule has 2 fully saturated rings. The highest BCUT2D eigenvalue weighted by molar-refractivity contribution is 5.75. The number of hydrogen-bond donors (Lipinski definition) is 1. The van der Waals surface area contributed by atoms with Gasteiger partial charge in [-0.1, -0.05) is 0 Å². The molecule has 2 rings (SSSR count). The highest BCUT2D eigenvalue weighted by Gasteiger charge is 2.35. The number of rotatable bonds is 3. The monoisotopic (exact) mass is 282 g/mol. The summed E-state index contributed by atoms with van der Waals surface area (Å²) < 4.78 is 0. The third-order valence-corrected chi connectivity index (χ3v) is 4.74. The van der Waals surface area contributed by atoms with Crippen LogP contribution in [0.5, 0.6) is 0 Å². The smallest absolute Gasteiger partial charge is 0.320 e. The summed E-state index contributed by atoms with van der Waals surface area (Å²) in [6, 6.07) is 0.802. The predicted octanol–water partition coefficient (Wildman–Crippen LogP) is 2.56. The first kappa shape index (κ1) is 15.1. The van der Waals surface area contributed by atoms with Crippen LogP contribution in [0, 0.1) is 5.92 Å². The van der Waals surface area contributed by atoms with Crippen LogP contribution < -0.4 is 0 Å². The fourth-order valence-electron chi connectivity index (χ4n) is 3.53. The van der Waals surface area contributed by atoms with Gasteiger partial charge in [-0.15, -0.1) is 0 Å². The van der Waals surface area contributed by atoms with E-state index in [4.69, 9.17) is 5.11 Å². The maximum Gasteiger partial charge on any atom is 0.320 e. The topological polar surface area (TPSA) is 60.9 Å². The number of piperidine rings is 1. The summed E-state index contributed by atoms with van der Waals surface area (Å²) in [4.78, 5) is 27.2. The SMILES string of the molecule is CC1CCCC(C)N1C(=O)N1CCC(CCC(=O)O)C1. The Morgan fingerprint density at radius 2 is 1.80 bits per heavy atom. The van der Waals surface area contributed by atoms with Crippen LogP contribution in [0.4, 0.5) is 4.79 Å². The first-order valence-corrected chi connectivity index (χ1v) is 7.78. The zero-order valence-electron chi connectivity index (χ0n) is 12.5. The van der Waals surface area contributed by atoms with E-state index >= 15 is 0 Å². The lowest BCUT2D eigenvalue weighted by Crippen LogP contribution is -2.52. The summed E-state index contributed by atoms with van der Waals surface area (Å²) in [7, 11) is 0. The van der Waals surface area contributed by atoms with Gasteiger partial charge in [0.15, 0.2) is 0 Å². The van der Waals surface area contributed by atoms with Crippen LogP contribution in [0.2, 0.25) is 0 Å². The normalized spacial score (nSPS) is 30.6. The minimum absolute atomic E-state index is 0.155. The van der Waals surface area contributed by atoms with Crippen LogP contribution in [0.25, 0.3) is 0 Å². The number of carbonyl (C=O) groups excluding carboxylic acids is 1. The van der Waals surface area contributed by atoms with Crippen molar-refractivity contribution in [1.29, 1.82) is 0 Å². The van der Waals surface area contributed by atoms with E-state index in [1.54, 1.807) is 0 Å². The Morgan fingerprint density at radius 1 is 1.15 bits per heavy atom. The van der Waals surface area contributed by atoms with E-state index < -0.39 is 5.97 Å². The van der Waals surface area contributed by atoms with Crippen LogP contribution >= 0.6 is 0 Å². The van der Waals surface area contributed by atoms with Gasteiger partial charge >= 0.3 is 12.0 Å². The molecule has 0 aliphatic carbocycles. The lowest BCUT2D eigenvalue weighted by molar-refractivity contribution is -0.137. The molecule has 2 amide bonds. The number of urea groups is 1. The molecule has 1 N–H and O–H groups in total. The van der Waals surface area contributed by atoms with E-state index in [1.807, 2.05) is 9.80 Å². The fourth-order valence-corrected chi connectivity index (χ4v) is 3.53. The Morgan fingerprint density at radius 3 is 2.40 bits per heavy atom. The number of hydrogen-bond acceptors (Lipinski definition) is 2. The first-order valence-electron chi connectivity index (χ1n) is 7.78. The van der Waals surface area contributed by atoms with Gasteiger partial charge in [-0.2, -0.15) is 0 Å². The average Bonchev–Trinajstić information content (AvgIpc) is 2.84. The van der Waals surface area contributed by atoms with Gasteiger partial charge in [-0.3, -0.25) is 4.79 Å². The highest BCUT2D eigenvalue weighted by Crippen LogP contribution is 2.27. The molecular formula is C15H26N2O3. The second-order valence-electron chi connectivity index (χ2n) is 6.35. The number of carbonyl (C=O) groups is 2. The maximum absolute atomic E-state index is 12.6. The molecule has 3 unspecified atom stereocenters. The van der Waals surface area contributed by atoms with Crippen LogP contribution in [0.15, 0.2) is 0 Å². The predicted molar refractivity (Wildman–Crippen MR) is 76.6 cm³/mol. The van der Waals surface area contributed by atoms with Crippen molar-refractivity contribution in [3.8, 4) is 0 Å². The van der Waals surface area contributed by atoms with Crippen LogP contribution in [-0.4, -0.2) is 52.1 Å². The summed E-state index contributed by atoms with van der Waals surface area (Å²) in [5.41, 5.74) is 0. The second kappa shape index (κ2) is 6.46. The molecule has 0 saturated carbocycles. The molecule has 2 aliphatic heterocycles. The highest BCUT2D eigenvalue weighted by atomic mass is 16.4. The fraction of sp³-hybridized carbons (Fsp3) is 0.867. The van der Waals surface area contributed by atoms with E-state index in [9.17, 15) is 9.59 Å². The third-order valence-electron chi connectivity index (χ3n) is 4.74. The number of aliphatic carboxylic acids is 1. The lowest BCUT2D eigenvalue weighted by Gasteiger charge is -2.41. The summed E-state index contributed by atoms with van der Waals surface area (Å²) in [5.74, 6) is -0.390. The van der Waals surface area contributed by atoms with Gasteiger partial charge in [0.25, 0.3) is 0 Å². The molecule has 20 heavy (non-hydrogen) atoms. The zero-order valence-corrected chi connectivity index (χ0v) is 12.5. The number of amides is 2. The summed E-state index contributed by atoms with van der Waals surface area (Å²) in [6.07, 6.45) is 5.22. The molecule has 114 valence electrons. The molecule has 5 heteroatoms. The van der Waals surface area contributed by atoms with Crippen molar-refractivity contribution < 1.29 is 14.7 Å². The molecule has 2 heterocycles. The van der Waals surface area contributed by atoms with E-state index in [0.29, 0.717) is 24.4 Å². The Bertz CT molecular complexity index is 362. The maximum atomic E-state index is 12.6. The summed E-state index contributed by atoms with van der Waals surface area (Å²) in [5, 5.41) is 8.73. The molecule has 0 aromatic heterocycles. The standard InChI is InChI=1S/C15H26N2O3/c1-11-4-3-5-12(2)17(11)15(20)16-9-8-13(10-16)6-7-14(18)19/h11-13H,3-10H2,1-2H3,(H,18,19). The average molecular weight is 282 g/mol. The van der Waals surface area contributed by atoms with Crippen molar-refractivity contribution in [3.63, 3.8) is 0 Å². The molecule has 0 aromatic rings. The van der Waals surface area contributed by atoms with Crippen LogP contribution in [-0.2, 0) is 4.79 Å². The van der Waals surface area contributed by atoms with E-state index in [-0.39, 0.29) is 12.5 Å². The molecule has 0 radical (unpaired) electrons. The van der Waals surface area contributed by atoms with E-state index in [0.717, 1.165) is 32.4 Å². The zero-order chi connectivity index (χ0) is 14.7. The van der Waals surface area contributed by atoms with Gasteiger partial charge in [0, 0.05) is 31.6 Å². The Labute approximate surface area is 120 Å². The quantitative estimate of drug-likeness (QED) is 0.865. The Kier molecular flexibility index (Phi) is 4.89. The Hall–Kier alpha value is -1.26. The van der Waals surface area contributed by atoms with Crippen molar-refractivity contribution in [2.24, 2.45) is 5.92 Å². The van der Waals surface area contributed by atoms with Crippen LogP contribution in [0.1, 0.15) is 52.4 Å². The van der Waals surface area contributed by atoms with E-state index in [1.165, 1.54) is 6.42 Å². The van der Waals surface area contributed by atoms with E-state index in [2.05, 4.69) is 13.8 Å². The van der Waals surface area contributed by atoms with Crippen molar-refractivity contribution >= 4 is 12.0 Å². The molecule has 0 spiro atoms. The van der Waals surface area contributed by atoms with Crippen LogP contribution in [0.3, 0.4) is 0 Å². The lowest BCUT2D eigenvalue weighted by atomic mass is 9.98. The van der Waals surface area contributed by atoms with Gasteiger partial charge in [-0.25, -0.2) is 4.79 Å². The van der Waals surface area contributed by atoms with Gasteiger partial charge in [0.05, 0.1) is 0 Å². The first-order chi connectivity index (χ1) is 9.49. The van der Waals surface area contributed by atoms with Crippen molar-refractivity contribution in [2.45, 2.75) is 64.5 Å². The minimum atomic E-state index is -0.743. The summed E-state index contributed by atoms with van der Waals surface area (Å²) >= 11 is 0. The molecule has 2 aliphatic rings. The molecule has 0 aromatic carbocycles. The molecule has 0 bridgehead atoms. The number of carboxylic acid groups (broad SMARTS) is 1. The molecule has 3 atom stereocenters. The molecule has 2 saturated heterocycles. The van der Waals surface area contributed by atoms with Gasteiger partial charge in [-0.05, 0) is 51.9 Å². The molecule has 5 nitrogen and oxygen atoms in total. The summed E-state index contributed by atoms with van der Waals surface area (Å²) in [6.45, 7) is 5.76. The van der Waals surface area contributed by atoms with Gasteiger partial charge < -0.3 is 14.9 Å². The number of carboxylic acids is 1. The van der Waals surface area contributed by atoms with Crippen molar-refractivity contribution in [1.82, 2.24) is 9.80 Å². The van der Waals surface area contributed by atoms with Gasteiger partial charge in [0.2, 0.25) is 0 Å². The van der Waals surface area contributed by atoms with Crippen molar-refractivity contribution in [3.05, 3.63) is 0 Å². The Balaban J connectivity index is 1.88.